The van der Waals surface area contributed by atoms with E-state index in [0.717, 1.165) is 28.1 Å². The van der Waals surface area contributed by atoms with Crippen LogP contribution in [0, 0.1) is 23.3 Å². The molecular weight excluding hydrogens is 400 g/mol. The average molecular weight is 419 g/mol. The van der Waals surface area contributed by atoms with Crippen LogP contribution in [0.15, 0.2) is 54.6 Å². The molecule has 2 aromatic carbocycles. The fourth-order valence-electron chi connectivity index (χ4n) is 3.84. The fourth-order valence-corrected chi connectivity index (χ4v) is 4.42. The Kier molecular flexibility index (Phi) is 4.22. The van der Waals surface area contributed by atoms with E-state index in [4.69, 9.17) is 34.3 Å². The Hall–Kier alpha value is -3.03. The molecule has 0 saturated carbocycles. The molecule has 7 heteroatoms. The van der Waals surface area contributed by atoms with E-state index in [2.05, 4.69) is 41.2 Å². The highest BCUT2D eigenvalue weighted by atomic mass is 32.1. The number of ether oxygens (including phenoxy) is 1. The normalized spacial score (nSPS) is 14.8. The molecule has 2 aromatic heterocycles. The summed E-state index contributed by atoms with van der Waals surface area (Å²) >= 11 is 11.0. The topological polar surface area (TPSA) is 58.6 Å². The molecule has 0 spiro atoms. The van der Waals surface area contributed by atoms with Crippen LogP contribution in [0.3, 0.4) is 0 Å². The SMILES string of the molecule is Cc1ccc(C2c3c(C)nn(-c4ccccc4)c3Oc3[nH]c(=S)[nH]c(=S)c32)cc1. The molecule has 2 N–H and O–H groups in total. The summed E-state index contributed by atoms with van der Waals surface area (Å²) in [5.41, 5.74) is 6.05. The van der Waals surface area contributed by atoms with E-state index < -0.39 is 0 Å². The van der Waals surface area contributed by atoms with Crippen LogP contribution in [-0.2, 0) is 0 Å². The Morgan fingerprint density at radius 1 is 0.931 bits per heavy atom. The zero-order chi connectivity index (χ0) is 20.1. The van der Waals surface area contributed by atoms with Crippen LogP contribution in [0.2, 0.25) is 0 Å². The molecular formula is C22H18N4OS2. The van der Waals surface area contributed by atoms with E-state index in [-0.39, 0.29) is 5.92 Å². The predicted octanol–water partition coefficient (Wildman–Crippen LogP) is 5.89. The smallest absolute Gasteiger partial charge is 0.229 e. The minimum atomic E-state index is -0.109. The highest BCUT2D eigenvalue weighted by Gasteiger charge is 2.36. The number of H-pyrrole nitrogens is 2. The Bertz CT molecular complexity index is 1330. The Morgan fingerprint density at radius 3 is 2.38 bits per heavy atom. The number of aromatic nitrogens is 4. The summed E-state index contributed by atoms with van der Waals surface area (Å²) in [6.45, 7) is 4.08. The summed E-state index contributed by atoms with van der Waals surface area (Å²) in [6, 6.07) is 18.4. The average Bonchev–Trinajstić information content (AvgIpc) is 3.04. The third kappa shape index (κ3) is 2.94. The maximum atomic E-state index is 6.31. The van der Waals surface area contributed by atoms with Crippen LogP contribution in [0.5, 0.6) is 11.8 Å². The van der Waals surface area contributed by atoms with Crippen LogP contribution in [0.25, 0.3) is 5.69 Å². The van der Waals surface area contributed by atoms with Gasteiger partial charge in [0.05, 0.1) is 22.5 Å². The number of fused-ring (bicyclic) bond motifs is 2. The van der Waals surface area contributed by atoms with E-state index in [1.54, 1.807) is 0 Å². The van der Waals surface area contributed by atoms with Crippen LogP contribution < -0.4 is 4.74 Å². The first kappa shape index (κ1) is 18.0. The molecule has 4 aromatic rings. The van der Waals surface area contributed by atoms with Gasteiger partial charge in [0.15, 0.2) is 4.77 Å². The van der Waals surface area contributed by atoms with Gasteiger partial charge in [-0.25, -0.2) is 4.68 Å². The van der Waals surface area contributed by atoms with Crippen molar-refractivity contribution in [2.45, 2.75) is 19.8 Å². The summed E-state index contributed by atoms with van der Waals surface area (Å²) in [7, 11) is 0. The predicted molar refractivity (Wildman–Crippen MR) is 117 cm³/mol. The van der Waals surface area contributed by atoms with Crippen molar-refractivity contribution in [2.75, 3.05) is 0 Å². The second kappa shape index (κ2) is 6.79. The van der Waals surface area contributed by atoms with Crippen molar-refractivity contribution in [2.24, 2.45) is 0 Å². The van der Waals surface area contributed by atoms with Gasteiger partial charge in [-0.1, -0.05) is 60.2 Å². The molecule has 0 bridgehead atoms. The first-order chi connectivity index (χ1) is 14.0. The van der Waals surface area contributed by atoms with E-state index >= 15 is 0 Å². The molecule has 0 radical (unpaired) electrons. The number of hydrogen-bond acceptors (Lipinski definition) is 4. The number of aryl methyl sites for hydroxylation is 2. The van der Waals surface area contributed by atoms with E-state index in [1.165, 1.54) is 5.56 Å². The standard InChI is InChI=1S/C22H18N4OS2/c1-12-8-10-14(11-9-12)17-16-13(2)25-26(15-6-4-3-5-7-15)21(16)27-19-18(17)20(28)24-22(29)23-19/h3-11,17H,1-2H3,(H2,23,24,28,29). The van der Waals surface area contributed by atoms with Gasteiger partial charge < -0.3 is 14.7 Å². The van der Waals surface area contributed by atoms with Crippen molar-refractivity contribution in [1.82, 2.24) is 19.7 Å². The van der Waals surface area contributed by atoms with Gasteiger partial charge in [0.25, 0.3) is 0 Å². The van der Waals surface area contributed by atoms with Crippen LogP contribution >= 0.6 is 24.4 Å². The molecule has 3 heterocycles. The number of hydrogen-bond donors (Lipinski definition) is 2. The van der Waals surface area contributed by atoms with E-state index in [1.807, 2.05) is 41.9 Å². The maximum Gasteiger partial charge on any atom is 0.229 e. The zero-order valence-corrected chi connectivity index (χ0v) is 17.5. The number of rotatable bonds is 2. The summed E-state index contributed by atoms with van der Waals surface area (Å²) in [5, 5.41) is 4.80. The van der Waals surface area contributed by atoms with E-state index in [0.29, 0.717) is 21.2 Å². The monoisotopic (exact) mass is 418 g/mol. The summed E-state index contributed by atoms with van der Waals surface area (Å²) in [5.74, 6) is 1.13. The minimum absolute atomic E-state index is 0.109. The third-order valence-corrected chi connectivity index (χ3v) is 5.72. The Labute approximate surface area is 178 Å². The lowest BCUT2D eigenvalue weighted by molar-refractivity contribution is 0.401. The zero-order valence-electron chi connectivity index (χ0n) is 15.9. The molecule has 5 rings (SSSR count). The summed E-state index contributed by atoms with van der Waals surface area (Å²) in [4.78, 5) is 6.20. The van der Waals surface area contributed by atoms with Gasteiger partial charge >= 0.3 is 0 Å². The highest BCUT2D eigenvalue weighted by molar-refractivity contribution is 7.72. The largest absolute Gasteiger partial charge is 0.422 e. The molecule has 0 fully saturated rings. The number of nitrogens with one attached hydrogen (secondary N) is 2. The van der Waals surface area contributed by atoms with Gasteiger partial charge in [0, 0.05) is 5.92 Å². The van der Waals surface area contributed by atoms with Crippen molar-refractivity contribution >= 4 is 24.4 Å². The summed E-state index contributed by atoms with van der Waals surface area (Å²) < 4.78 is 9.16. The van der Waals surface area contributed by atoms with Gasteiger partial charge in [0.1, 0.15) is 4.64 Å². The molecule has 0 amide bonds. The van der Waals surface area contributed by atoms with Gasteiger partial charge in [0.2, 0.25) is 11.8 Å². The van der Waals surface area contributed by atoms with Crippen LogP contribution in [0.4, 0.5) is 0 Å². The molecule has 0 aliphatic carbocycles. The first-order valence-electron chi connectivity index (χ1n) is 9.29. The molecule has 144 valence electrons. The fraction of sp³-hybridized carbons (Fsp3) is 0.136. The maximum absolute atomic E-state index is 6.31. The Morgan fingerprint density at radius 2 is 1.66 bits per heavy atom. The molecule has 1 aliphatic rings. The third-order valence-electron chi connectivity index (χ3n) is 5.19. The second-order valence-electron chi connectivity index (χ2n) is 7.15. The van der Waals surface area contributed by atoms with Crippen molar-refractivity contribution < 1.29 is 4.74 Å². The molecule has 0 saturated heterocycles. The number of benzene rings is 2. The number of aromatic amines is 2. The van der Waals surface area contributed by atoms with Crippen molar-refractivity contribution in [3.8, 4) is 17.4 Å². The number of para-hydroxylation sites is 1. The van der Waals surface area contributed by atoms with Gasteiger partial charge in [-0.3, -0.25) is 0 Å². The number of nitrogens with zero attached hydrogens (tertiary/aromatic N) is 2. The lowest BCUT2D eigenvalue weighted by atomic mass is 9.84. The van der Waals surface area contributed by atoms with Gasteiger partial charge in [-0.05, 0) is 43.8 Å². The molecule has 1 atom stereocenters. The Balaban J connectivity index is 1.82. The summed E-state index contributed by atoms with van der Waals surface area (Å²) in [6.07, 6.45) is 0. The van der Waals surface area contributed by atoms with Crippen LogP contribution in [-0.4, -0.2) is 19.7 Å². The molecule has 5 nitrogen and oxygen atoms in total. The minimum Gasteiger partial charge on any atom is -0.422 e. The highest BCUT2D eigenvalue weighted by Crippen LogP contribution is 2.48. The first-order valence-corrected chi connectivity index (χ1v) is 10.1. The van der Waals surface area contributed by atoms with Gasteiger partial charge in [-0.2, -0.15) is 5.10 Å². The molecule has 29 heavy (non-hydrogen) atoms. The van der Waals surface area contributed by atoms with Crippen molar-refractivity contribution in [1.29, 1.82) is 0 Å². The van der Waals surface area contributed by atoms with Crippen molar-refractivity contribution in [3.63, 3.8) is 0 Å². The lowest BCUT2D eigenvalue weighted by Crippen LogP contribution is -2.15. The van der Waals surface area contributed by atoms with Crippen molar-refractivity contribution in [3.05, 3.63) is 92.0 Å². The van der Waals surface area contributed by atoms with Crippen LogP contribution in [0.1, 0.15) is 33.9 Å². The quantitative estimate of drug-likeness (QED) is 0.351. The van der Waals surface area contributed by atoms with E-state index in [9.17, 15) is 0 Å². The van der Waals surface area contributed by atoms with Gasteiger partial charge in [-0.15, -0.1) is 0 Å². The molecule has 1 unspecified atom stereocenters. The second-order valence-corrected chi connectivity index (χ2v) is 7.96. The lowest BCUT2D eigenvalue weighted by Gasteiger charge is -2.26. The molecule has 1 aliphatic heterocycles.